The van der Waals surface area contributed by atoms with Gasteiger partial charge >= 0.3 is 0 Å². The Morgan fingerprint density at radius 2 is 1.87 bits per heavy atom. The van der Waals surface area contributed by atoms with Gasteiger partial charge in [0.25, 0.3) is 5.56 Å². The molecule has 4 aromatic rings. The number of fused-ring (bicyclic) bond motifs is 5. The van der Waals surface area contributed by atoms with Gasteiger partial charge in [-0.3, -0.25) is 9.78 Å². The lowest BCUT2D eigenvalue weighted by molar-refractivity contribution is -0.165. The van der Waals surface area contributed by atoms with Crippen LogP contribution in [0, 0.1) is 5.82 Å². The molecule has 0 unspecified atom stereocenters. The van der Waals surface area contributed by atoms with Crippen molar-refractivity contribution < 1.29 is 18.6 Å². The molecule has 1 aliphatic carbocycles. The molecule has 39 heavy (non-hydrogen) atoms. The molecule has 0 spiro atoms. The molecule has 0 amide bonds. The number of hydrogen-bond donors (Lipinski definition) is 1. The zero-order chi connectivity index (χ0) is 27.2. The highest BCUT2D eigenvalue weighted by Crippen LogP contribution is 2.46. The molecule has 3 fully saturated rings. The number of nitrogens with zero attached hydrogens (tertiary/aromatic N) is 3. The summed E-state index contributed by atoms with van der Waals surface area (Å²) >= 11 is 0. The number of halogens is 1. The average Bonchev–Trinajstić information content (AvgIpc) is 2.98. The van der Waals surface area contributed by atoms with Crippen LogP contribution in [-0.4, -0.2) is 46.5 Å². The normalized spacial score (nSPS) is 22.5. The van der Waals surface area contributed by atoms with Crippen molar-refractivity contribution in [2.75, 3.05) is 20.8 Å². The van der Waals surface area contributed by atoms with Crippen molar-refractivity contribution in [3.63, 3.8) is 0 Å². The lowest BCUT2D eigenvalue weighted by Gasteiger charge is -2.53. The van der Waals surface area contributed by atoms with E-state index in [0.717, 1.165) is 36.6 Å². The second kappa shape index (κ2) is 9.88. The molecule has 2 saturated heterocycles. The first kappa shape index (κ1) is 25.7. The van der Waals surface area contributed by atoms with Gasteiger partial charge in [0.05, 0.1) is 54.7 Å². The molecular weight excluding hydrogens is 499 g/mol. The Bertz CT molecular complexity index is 1590. The molecule has 5 heterocycles. The van der Waals surface area contributed by atoms with Crippen molar-refractivity contribution in [3.8, 4) is 11.6 Å². The topological polar surface area (TPSA) is 87.5 Å². The van der Waals surface area contributed by atoms with Gasteiger partial charge in [0.1, 0.15) is 11.6 Å². The Labute approximate surface area is 226 Å². The summed E-state index contributed by atoms with van der Waals surface area (Å²) in [5, 5.41) is 4.59. The molecule has 7 rings (SSSR count). The number of aromatic nitrogens is 3. The van der Waals surface area contributed by atoms with Gasteiger partial charge in [-0.1, -0.05) is 12.1 Å². The Morgan fingerprint density at radius 1 is 1.08 bits per heavy atom. The van der Waals surface area contributed by atoms with Gasteiger partial charge < -0.3 is 24.1 Å². The lowest BCUT2D eigenvalue weighted by Crippen LogP contribution is -2.61. The Kier molecular flexibility index (Phi) is 6.51. The minimum absolute atomic E-state index is 0.0619. The van der Waals surface area contributed by atoms with E-state index < -0.39 is 0 Å². The predicted molar refractivity (Wildman–Crippen MR) is 147 cm³/mol. The molecular formula is C30H33FN4O4. The Morgan fingerprint density at radius 3 is 2.59 bits per heavy atom. The first-order chi connectivity index (χ1) is 18.9. The van der Waals surface area contributed by atoms with E-state index in [1.807, 2.05) is 24.3 Å². The number of para-hydroxylation sites is 1. The fourth-order valence-corrected chi connectivity index (χ4v) is 6.29. The van der Waals surface area contributed by atoms with E-state index in [2.05, 4.69) is 15.3 Å². The van der Waals surface area contributed by atoms with Crippen molar-refractivity contribution in [2.45, 2.75) is 56.2 Å². The van der Waals surface area contributed by atoms with E-state index in [1.165, 1.54) is 6.20 Å². The smallest absolute Gasteiger partial charge is 0.259 e. The molecule has 3 aliphatic rings. The van der Waals surface area contributed by atoms with Crippen LogP contribution >= 0.6 is 0 Å². The van der Waals surface area contributed by atoms with Crippen LogP contribution in [0.1, 0.15) is 43.2 Å². The maximum Gasteiger partial charge on any atom is 0.259 e. The van der Waals surface area contributed by atoms with Crippen LogP contribution < -0.4 is 20.3 Å². The quantitative estimate of drug-likeness (QED) is 0.359. The summed E-state index contributed by atoms with van der Waals surface area (Å²) in [5.41, 5.74) is 2.66. The minimum Gasteiger partial charge on any atom is -0.495 e. The van der Waals surface area contributed by atoms with E-state index in [1.54, 1.807) is 38.0 Å². The summed E-state index contributed by atoms with van der Waals surface area (Å²) in [5.74, 6) is 0.708. The number of rotatable bonds is 8. The lowest BCUT2D eigenvalue weighted by atomic mass is 9.69. The number of hydrogen-bond acceptors (Lipinski definition) is 7. The molecule has 1 saturated carbocycles. The highest BCUT2D eigenvalue weighted by molar-refractivity contribution is 5.86. The zero-order valence-corrected chi connectivity index (χ0v) is 22.6. The second-order valence-electron chi connectivity index (χ2n) is 10.8. The molecule has 2 bridgehead atoms. The molecule has 1 N–H and O–H groups in total. The monoisotopic (exact) mass is 532 g/mol. The Balaban J connectivity index is 1.17. The van der Waals surface area contributed by atoms with E-state index in [4.69, 9.17) is 14.2 Å². The van der Waals surface area contributed by atoms with Gasteiger partial charge in [-0.2, -0.15) is 0 Å². The summed E-state index contributed by atoms with van der Waals surface area (Å²) < 4.78 is 34.0. The van der Waals surface area contributed by atoms with Gasteiger partial charge in [0.15, 0.2) is 0 Å². The number of methoxy groups -OCH3 is 2. The number of nitrogens with one attached hydrogen (secondary N) is 1. The SMILES string of the molecule is COc1ccc2ncc(F)c(CCC34CCC(NCc5c(OC)c6ccccc6n(C)c5=O)(CC3)CO4)c2n1. The third-order valence-electron chi connectivity index (χ3n) is 8.74. The first-order valence-electron chi connectivity index (χ1n) is 13.4. The Hall–Kier alpha value is -3.56. The van der Waals surface area contributed by atoms with Crippen molar-refractivity contribution in [1.82, 2.24) is 19.9 Å². The number of aryl methyl sites for hydroxylation is 2. The minimum atomic E-state index is -0.354. The first-order valence-corrected chi connectivity index (χ1v) is 13.4. The predicted octanol–water partition coefficient (Wildman–Crippen LogP) is 4.44. The summed E-state index contributed by atoms with van der Waals surface area (Å²) in [6.45, 7) is 0.952. The molecule has 2 aliphatic heterocycles. The molecule has 0 radical (unpaired) electrons. The summed E-state index contributed by atoms with van der Waals surface area (Å²) in [7, 11) is 4.96. The van der Waals surface area contributed by atoms with Crippen LogP contribution in [-0.2, 0) is 24.8 Å². The van der Waals surface area contributed by atoms with E-state index >= 15 is 0 Å². The van der Waals surface area contributed by atoms with Gasteiger partial charge in [-0.15, -0.1) is 0 Å². The molecule has 0 atom stereocenters. The van der Waals surface area contributed by atoms with Crippen molar-refractivity contribution in [2.24, 2.45) is 7.05 Å². The number of benzene rings is 1. The number of ether oxygens (including phenoxy) is 3. The zero-order valence-electron chi connectivity index (χ0n) is 22.6. The summed E-state index contributed by atoms with van der Waals surface area (Å²) in [6, 6.07) is 11.3. The fraction of sp³-hybridized carbons (Fsp3) is 0.433. The molecule has 8 nitrogen and oxygen atoms in total. The highest BCUT2D eigenvalue weighted by atomic mass is 19.1. The molecule has 204 valence electrons. The van der Waals surface area contributed by atoms with Crippen LogP contribution in [0.2, 0.25) is 0 Å². The van der Waals surface area contributed by atoms with Gasteiger partial charge in [0, 0.05) is 36.1 Å². The largest absolute Gasteiger partial charge is 0.495 e. The maximum atomic E-state index is 14.9. The standard InChI is InChI=1S/C30H33FN4O4/c1-35-24-7-5-4-6-20(24)27(38-3)21(28(35)36)16-33-29-12-14-30(15-13-29,39-18-29)11-10-19-22(31)17-32-23-8-9-25(37-2)34-26(19)23/h4-9,17,33H,10-16,18H2,1-3H3. The number of pyridine rings is 3. The molecule has 3 aromatic heterocycles. The van der Waals surface area contributed by atoms with Crippen molar-refractivity contribution in [1.29, 1.82) is 0 Å². The van der Waals surface area contributed by atoms with Crippen LogP contribution in [0.15, 0.2) is 47.4 Å². The second-order valence-corrected chi connectivity index (χ2v) is 10.8. The highest BCUT2D eigenvalue weighted by Gasteiger charge is 2.49. The van der Waals surface area contributed by atoms with Crippen molar-refractivity contribution >= 4 is 21.9 Å². The van der Waals surface area contributed by atoms with Crippen LogP contribution in [0.5, 0.6) is 11.6 Å². The van der Waals surface area contributed by atoms with Gasteiger partial charge in [-0.05, 0) is 56.7 Å². The average molecular weight is 533 g/mol. The maximum absolute atomic E-state index is 14.9. The van der Waals surface area contributed by atoms with E-state index in [9.17, 15) is 9.18 Å². The summed E-state index contributed by atoms with van der Waals surface area (Å²) in [4.78, 5) is 21.9. The van der Waals surface area contributed by atoms with E-state index in [-0.39, 0.29) is 22.5 Å². The van der Waals surface area contributed by atoms with Crippen LogP contribution in [0.25, 0.3) is 21.9 Å². The third-order valence-corrected chi connectivity index (χ3v) is 8.74. The van der Waals surface area contributed by atoms with Crippen molar-refractivity contribution in [3.05, 3.63) is 69.9 Å². The molecule has 9 heteroatoms. The molecule has 1 aromatic carbocycles. The van der Waals surface area contributed by atoms with Gasteiger partial charge in [-0.25, -0.2) is 9.37 Å². The van der Waals surface area contributed by atoms with Gasteiger partial charge in [0.2, 0.25) is 5.88 Å². The summed E-state index contributed by atoms with van der Waals surface area (Å²) in [6.07, 6.45) is 6.07. The fourth-order valence-electron chi connectivity index (χ4n) is 6.29. The van der Waals surface area contributed by atoms with Crippen LogP contribution in [0.3, 0.4) is 0 Å². The third kappa shape index (κ3) is 4.43. The van der Waals surface area contributed by atoms with Crippen LogP contribution in [0.4, 0.5) is 4.39 Å². The van der Waals surface area contributed by atoms with E-state index in [0.29, 0.717) is 59.8 Å².